The highest BCUT2D eigenvalue weighted by Crippen LogP contribution is 2.77. The zero-order valence-corrected chi connectivity index (χ0v) is 29.6. The molecule has 0 aromatic carbocycles. The lowest BCUT2D eigenvalue weighted by molar-refractivity contribution is -0.250. The fourth-order valence-corrected chi connectivity index (χ4v) is 13.8. The standard InChI is InChI=1S/C39H60O6/c1-22(2)23-13-18-39(33(42)43)20-19-37(8)24(30(23)39)11-12-27-36(7)16-15-28(35(5,6)26(36)14-17-38(27,37)9)45-32(41)31-25(34(31,3)4)21-29(40)44-10/h23-28,30-31H,1,11-21H2,2-10H3,(H,42,43)/t23-,24+,25+,26-,27+,28-,30+,31+,36-,37+,38?,39-/m0/s1. The molecular weight excluding hydrogens is 564 g/mol. The minimum absolute atomic E-state index is 0.0274. The molecule has 6 saturated carbocycles. The second-order valence-corrected chi connectivity index (χ2v) is 18.6. The highest BCUT2D eigenvalue weighted by atomic mass is 16.5. The number of esters is 2. The summed E-state index contributed by atoms with van der Waals surface area (Å²) in [7, 11) is 1.40. The average Bonchev–Trinajstić information content (AvgIpc) is 3.28. The minimum atomic E-state index is -0.589. The van der Waals surface area contributed by atoms with Crippen molar-refractivity contribution in [3.8, 4) is 0 Å². The van der Waals surface area contributed by atoms with E-state index in [0.717, 1.165) is 64.2 Å². The first kappa shape index (κ1) is 33.1. The van der Waals surface area contributed by atoms with Gasteiger partial charge in [0.05, 0.1) is 18.4 Å². The lowest BCUT2D eigenvalue weighted by Crippen LogP contribution is -2.67. The highest BCUT2D eigenvalue weighted by Gasteiger charge is 2.72. The summed E-state index contributed by atoms with van der Waals surface area (Å²) in [5.74, 6) is 0.673. The summed E-state index contributed by atoms with van der Waals surface area (Å²) in [5.41, 5.74) is 0.576. The van der Waals surface area contributed by atoms with E-state index in [0.29, 0.717) is 23.7 Å². The van der Waals surface area contributed by atoms with Gasteiger partial charge in [-0.3, -0.25) is 14.4 Å². The normalized spacial score (nSPS) is 48.9. The minimum Gasteiger partial charge on any atom is -0.481 e. The molecule has 0 aromatic heterocycles. The van der Waals surface area contributed by atoms with Crippen molar-refractivity contribution in [2.45, 2.75) is 132 Å². The number of aliphatic carboxylic acids is 1. The molecule has 6 heteroatoms. The number of carbonyl (C=O) groups is 3. The zero-order valence-electron chi connectivity index (χ0n) is 29.6. The third-order valence-electron chi connectivity index (χ3n) is 16.6. The zero-order chi connectivity index (χ0) is 33.1. The van der Waals surface area contributed by atoms with Crippen LogP contribution in [0.2, 0.25) is 0 Å². The summed E-state index contributed by atoms with van der Waals surface area (Å²) in [6.07, 6.45) is 10.2. The van der Waals surface area contributed by atoms with Gasteiger partial charge in [0.1, 0.15) is 6.10 Å². The number of allylic oxidation sites excluding steroid dienone is 1. The smallest absolute Gasteiger partial charge is 0.310 e. The van der Waals surface area contributed by atoms with Crippen LogP contribution in [0.15, 0.2) is 12.2 Å². The van der Waals surface area contributed by atoms with E-state index in [1.807, 2.05) is 0 Å². The fourth-order valence-electron chi connectivity index (χ4n) is 13.8. The average molecular weight is 625 g/mol. The molecule has 6 rings (SSSR count). The summed E-state index contributed by atoms with van der Waals surface area (Å²) in [6.45, 7) is 23.0. The Bertz CT molecular complexity index is 1280. The van der Waals surface area contributed by atoms with Crippen LogP contribution in [0.25, 0.3) is 0 Å². The Labute approximate surface area is 271 Å². The number of hydrogen-bond donors (Lipinski definition) is 1. The second-order valence-electron chi connectivity index (χ2n) is 18.6. The van der Waals surface area contributed by atoms with E-state index in [2.05, 4.69) is 62.0 Å². The van der Waals surface area contributed by atoms with Gasteiger partial charge in [0.15, 0.2) is 0 Å². The number of carbonyl (C=O) groups excluding carboxylic acids is 2. The van der Waals surface area contributed by atoms with Crippen molar-refractivity contribution in [1.82, 2.24) is 0 Å². The SMILES string of the molecule is C=C(C)[C@@H]1CC[C@]2(C(=O)O)CC[C@]3(C)[C@H](CC[C@H]4C3(C)CC[C@H]3C(C)(C)[C@@H](OC(=O)[C@H]5[C@@H](CC(=O)OC)C5(C)C)CC[C@@]34C)[C@@H]12. The molecule has 6 aliphatic rings. The number of ether oxygens (including phenoxy) is 2. The molecule has 0 bridgehead atoms. The Morgan fingerprint density at radius 2 is 1.49 bits per heavy atom. The number of carboxylic acids is 1. The third-order valence-corrected chi connectivity index (χ3v) is 16.6. The molecule has 252 valence electrons. The molecule has 45 heavy (non-hydrogen) atoms. The van der Waals surface area contributed by atoms with E-state index in [1.165, 1.54) is 12.7 Å². The van der Waals surface area contributed by atoms with Gasteiger partial charge in [-0.1, -0.05) is 60.6 Å². The maximum Gasteiger partial charge on any atom is 0.310 e. The van der Waals surface area contributed by atoms with E-state index in [4.69, 9.17) is 9.47 Å². The summed E-state index contributed by atoms with van der Waals surface area (Å²) >= 11 is 0. The molecule has 0 amide bonds. The molecule has 0 aromatic rings. The van der Waals surface area contributed by atoms with Gasteiger partial charge in [-0.25, -0.2) is 0 Å². The van der Waals surface area contributed by atoms with Crippen molar-refractivity contribution in [2.24, 2.45) is 73.9 Å². The molecule has 6 fully saturated rings. The van der Waals surface area contributed by atoms with Gasteiger partial charge in [0, 0.05) is 11.8 Å². The molecule has 0 aliphatic heterocycles. The van der Waals surface area contributed by atoms with Crippen molar-refractivity contribution in [3.63, 3.8) is 0 Å². The van der Waals surface area contributed by atoms with Gasteiger partial charge in [-0.15, -0.1) is 0 Å². The monoisotopic (exact) mass is 624 g/mol. The molecule has 6 nitrogen and oxygen atoms in total. The van der Waals surface area contributed by atoms with Gasteiger partial charge in [-0.05, 0) is 128 Å². The van der Waals surface area contributed by atoms with E-state index < -0.39 is 11.4 Å². The molecule has 1 unspecified atom stereocenters. The van der Waals surface area contributed by atoms with Gasteiger partial charge >= 0.3 is 17.9 Å². The number of rotatable bonds is 6. The predicted octanol–water partition coefficient (Wildman–Crippen LogP) is 8.48. The van der Waals surface area contributed by atoms with Gasteiger partial charge in [-0.2, -0.15) is 0 Å². The Balaban J connectivity index is 1.24. The summed E-state index contributed by atoms with van der Waals surface area (Å²) in [6, 6.07) is 0. The molecule has 0 spiro atoms. The summed E-state index contributed by atoms with van der Waals surface area (Å²) in [4.78, 5) is 38.5. The second kappa shape index (κ2) is 10.3. The molecule has 0 radical (unpaired) electrons. The molecule has 6 aliphatic carbocycles. The van der Waals surface area contributed by atoms with E-state index >= 15 is 0 Å². The Hall–Kier alpha value is -1.85. The topological polar surface area (TPSA) is 89.9 Å². The van der Waals surface area contributed by atoms with Crippen molar-refractivity contribution in [1.29, 1.82) is 0 Å². The van der Waals surface area contributed by atoms with Crippen LogP contribution in [0, 0.1) is 73.9 Å². The maximum atomic E-state index is 13.6. The molecule has 12 atom stereocenters. The van der Waals surface area contributed by atoms with E-state index in [-0.39, 0.29) is 69.3 Å². The van der Waals surface area contributed by atoms with E-state index in [1.54, 1.807) is 0 Å². The lowest BCUT2D eigenvalue weighted by Gasteiger charge is -2.72. The summed E-state index contributed by atoms with van der Waals surface area (Å²) in [5, 5.41) is 10.7. The first-order chi connectivity index (χ1) is 20.8. The molecule has 1 N–H and O–H groups in total. The van der Waals surface area contributed by atoms with Crippen molar-refractivity contribution < 1.29 is 29.0 Å². The van der Waals surface area contributed by atoms with Crippen molar-refractivity contribution in [3.05, 3.63) is 12.2 Å². The number of methoxy groups -OCH3 is 1. The third kappa shape index (κ3) is 4.34. The lowest BCUT2D eigenvalue weighted by atomic mass is 9.32. The molecular formula is C39H60O6. The van der Waals surface area contributed by atoms with Crippen LogP contribution in [0.5, 0.6) is 0 Å². The van der Waals surface area contributed by atoms with Crippen LogP contribution in [0.1, 0.15) is 126 Å². The number of hydrogen-bond acceptors (Lipinski definition) is 5. The van der Waals surface area contributed by atoms with Crippen molar-refractivity contribution >= 4 is 17.9 Å². The van der Waals surface area contributed by atoms with Crippen LogP contribution >= 0.6 is 0 Å². The van der Waals surface area contributed by atoms with Crippen molar-refractivity contribution in [2.75, 3.05) is 7.11 Å². The largest absolute Gasteiger partial charge is 0.481 e. The maximum absolute atomic E-state index is 13.6. The molecule has 0 heterocycles. The Morgan fingerprint density at radius 1 is 0.800 bits per heavy atom. The van der Waals surface area contributed by atoms with Gasteiger partial charge in [0.2, 0.25) is 0 Å². The first-order valence-corrected chi connectivity index (χ1v) is 18.0. The Morgan fingerprint density at radius 3 is 2.11 bits per heavy atom. The Kier molecular flexibility index (Phi) is 7.59. The van der Waals surface area contributed by atoms with Gasteiger partial charge < -0.3 is 14.6 Å². The fraction of sp³-hybridized carbons (Fsp3) is 0.872. The predicted molar refractivity (Wildman–Crippen MR) is 174 cm³/mol. The van der Waals surface area contributed by atoms with Crippen LogP contribution in [0.3, 0.4) is 0 Å². The van der Waals surface area contributed by atoms with Crippen LogP contribution in [0.4, 0.5) is 0 Å². The first-order valence-electron chi connectivity index (χ1n) is 18.0. The number of fused-ring (bicyclic) bond motifs is 7. The summed E-state index contributed by atoms with van der Waals surface area (Å²) < 4.78 is 11.3. The van der Waals surface area contributed by atoms with Gasteiger partial charge in [0.25, 0.3) is 0 Å². The number of carboxylic acid groups (broad SMARTS) is 1. The van der Waals surface area contributed by atoms with E-state index in [9.17, 15) is 19.5 Å². The quantitative estimate of drug-likeness (QED) is 0.236. The van der Waals surface area contributed by atoms with Crippen LogP contribution < -0.4 is 0 Å². The van der Waals surface area contributed by atoms with Crippen LogP contribution in [-0.2, 0) is 23.9 Å². The molecule has 0 saturated heterocycles. The van der Waals surface area contributed by atoms with Crippen LogP contribution in [-0.4, -0.2) is 36.2 Å². The highest BCUT2D eigenvalue weighted by molar-refractivity contribution is 5.80.